The summed E-state index contributed by atoms with van der Waals surface area (Å²) in [5, 5.41) is 2.95. The molecule has 0 aliphatic carbocycles. The van der Waals surface area contributed by atoms with Gasteiger partial charge in [0.1, 0.15) is 12.4 Å². The topological polar surface area (TPSA) is 41.6 Å². The summed E-state index contributed by atoms with van der Waals surface area (Å²) in [5.41, 5.74) is 0.753. The normalized spacial score (nSPS) is 16.4. The first-order chi connectivity index (χ1) is 9.69. The second-order valence-electron chi connectivity index (χ2n) is 5.09. The van der Waals surface area contributed by atoms with Gasteiger partial charge in [0.05, 0.1) is 0 Å². The summed E-state index contributed by atoms with van der Waals surface area (Å²) in [6.45, 7) is 2.18. The molecule has 0 aromatic heterocycles. The lowest BCUT2D eigenvalue weighted by Gasteiger charge is -2.28. The fourth-order valence-electron chi connectivity index (χ4n) is 2.30. The van der Waals surface area contributed by atoms with Crippen molar-refractivity contribution in [1.82, 2.24) is 4.90 Å². The van der Waals surface area contributed by atoms with Gasteiger partial charge in [-0.05, 0) is 45.1 Å². The minimum Gasteiger partial charge on any atom is -0.481 e. The lowest BCUT2D eigenvalue weighted by atomic mass is 9.96. The average molecular weight is 272 g/mol. The Labute approximate surface area is 120 Å². The predicted octanol–water partition coefficient (Wildman–Crippen LogP) is 1.98. The first-order valence-electron chi connectivity index (χ1n) is 6.85. The van der Waals surface area contributed by atoms with Gasteiger partial charge in [-0.1, -0.05) is 12.0 Å². The van der Waals surface area contributed by atoms with Crippen molar-refractivity contribution >= 4 is 11.6 Å². The molecule has 1 fully saturated rings. The maximum Gasteiger partial charge on any atom is 0.227 e. The third-order valence-electron chi connectivity index (χ3n) is 3.51. The molecule has 1 N–H and O–H groups in total. The van der Waals surface area contributed by atoms with Crippen LogP contribution in [-0.4, -0.2) is 37.6 Å². The number of hydrogen-bond acceptors (Lipinski definition) is 3. The summed E-state index contributed by atoms with van der Waals surface area (Å²) >= 11 is 0. The Morgan fingerprint density at radius 2 is 2.25 bits per heavy atom. The number of likely N-dealkylation sites (tertiary alicyclic amines) is 1. The van der Waals surface area contributed by atoms with Crippen LogP contribution in [0.5, 0.6) is 5.75 Å². The molecular weight excluding hydrogens is 252 g/mol. The number of rotatable bonds is 4. The number of nitrogens with one attached hydrogen (secondary N) is 1. The van der Waals surface area contributed by atoms with Crippen molar-refractivity contribution in [2.75, 3.05) is 32.1 Å². The van der Waals surface area contributed by atoms with Crippen molar-refractivity contribution in [3.8, 4) is 18.1 Å². The van der Waals surface area contributed by atoms with E-state index in [1.54, 1.807) is 6.07 Å². The number of piperidine rings is 1. The van der Waals surface area contributed by atoms with Crippen LogP contribution in [0.15, 0.2) is 24.3 Å². The van der Waals surface area contributed by atoms with Gasteiger partial charge in [0, 0.05) is 17.7 Å². The molecule has 0 radical (unpaired) electrons. The number of amides is 1. The minimum atomic E-state index is 0.0900. The zero-order valence-electron chi connectivity index (χ0n) is 11.8. The molecule has 0 spiro atoms. The molecule has 4 heteroatoms. The number of benzene rings is 1. The highest BCUT2D eigenvalue weighted by Gasteiger charge is 2.23. The summed E-state index contributed by atoms with van der Waals surface area (Å²) in [5.74, 6) is 3.28. The zero-order chi connectivity index (χ0) is 14.4. The minimum absolute atomic E-state index is 0.0900. The third kappa shape index (κ3) is 4.01. The highest BCUT2D eigenvalue weighted by atomic mass is 16.5. The lowest BCUT2D eigenvalue weighted by molar-refractivity contribution is -0.121. The summed E-state index contributed by atoms with van der Waals surface area (Å²) in [4.78, 5) is 14.4. The second kappa shape index (κ2) is 6.97. The first-order valence-corrected chi connectivity index (χ1v) is 6.85. The van der Waals surface area contributed by atoms with Crippen LogP contribution in [0.4, 0.5) is 5.69 Å². The smallest absolute Gasteiger partial charge is 0.227 e. The number of terminal acetylenes is 1. The summed E-state index contributed by atoms with van der Waals surface area (Å²) in [7, 11) is 2.08. The van der Waals surface area contributed by atoms with Crippen LogP contribution in [0.1, 0.15) is 12.8 Å². The molecule has 1 aliphatic rings. The van der Waals surface area contributed by atoms with Crippen LogP contribution in [0, 0.1) is 18.3 Å². The monoisotopic (exact) mass is 272 g/mol. The number of carbonyl (C=O) groups is 1. The molecule has 1 aliphatic heterocycles. The van der Waals surface area contributed by atoms with E-state index in [1.807, 2.05) is 18.2 Å². The first kappa shape index (κ1) is 14.4. The van der Waals surface area contributed by atoms with Gasteiger partial charge in [-0.25, -0.2) is 0 Å². The third-order valence-corrected chi connectivity index (χ3v) is 3.51. The van der Waals surface area contributed by atoms with Crippen LogP contribution >= 0.6 is 0 Å². The maximum absolute atomic E-state index is 12.2. The molecule has 106 valence electrons. The molecule has 0 unspecified atom stereocenters. The molecule has 1 aromatic carbocycles. The van der Waals surface area contributed by atoms with Gasteiger partial charge in [-0.2, -0.15) is 0 Å². The lowest BCUT2D eigenvalue weighted by Crippen LogP contribution is -2.35. The Kier molecular flexibility index (Phi) is 5.03. The number of carbonyl (C=O) groups excluding carboxylic acids is 1. The average Bonchev–Trinajstić information content (AvgIpc) is 2.46. The molecule has 1 heterocycles. The maximum atomic E-state index is 12.2. The Morgan fingerprint density at radius 3 is 2.95 bits per heavy atom. The van der Waals surface area contributed by atoms with Gasteiger partial charge >= 0.3 is 0 Å². The summed E-state index contributed by atoms with van der Waals surface area (Å²) in [6, 6.07) is 7.32. The van der Waals surface area contributed by atoms with Gasteiger partial charge in [0.25, 0.3) is 0 Å². The standard InChI is InChI=1S/C16H20N2O2/c1-3-11-20-15-6-4-5-14(12-15)17-16(19)13-7-9-18(2)10-8-13/h1,4-6,12-13H,7-11H2,2H3,(H,17,19). The zero-order valence-corrected chi connectivity index (χ0v) is 11.8. The molecule has 2 rings (SSSR count). The largest absolute Gasteiger partial charge is 0.481 e. The Bertz CT molecular complexity index is 499. The number of nitrogens with zero attached hydrogens (tertiary/aromatic N) is 1. The molecule has 0 atom stereocenters. The summed E-state index contributed by atoms with van der Waals surface area (Å²) in [6.07, 6.45) is 6.98. The van der Waals surface area contributed by atoms with E-state index in [9.17, 15) is 4.79 Å². The van der Waals surface area contributed by atoms with Gasteiger partial charge in [0.2, 0.25) is 5.91 Å². The highest BCUT2D eigenvalue weighted by molar-refractivity contribution is 5.92. The number of hydrogen-bond donors (Lipinski definition) is 1. The van der Waals surface area contributed by atoms with Crippen LogP contribution in [-0.2, 0) is 4.79 Å². The van der Waals surface area contributed by atoms with Crippen LogP contribution in [0.25, 0.3) is 0 Å². The SMILES string of the molecule is C#CCOc1cccc(NC(=O)C2CCN(C)CC2)c1. The fourth-order valence-corrected chi connectivity index (χ4v) is 2.30. The summed E-state index contributed by atoms with van der Waals surface area (Å²) < 4.78 is 5.34. The number of ether oxygens (including phenoxy) is 1. The van der Waals surface area contributed by atoms with Crippen molar-refractivity contribution in [2.24, 2.45) is 5.92 Å². The van der Waals surface area contributed by atoms with E-state index in [4.69, 9.17) is 11.2 Å². The van der Waals surface area contributed by atoms with Gasteiger partial charge in [-0.3, -0.25) is 4.79 Å². The van der Waals surface area contributed by atoms with E-state index >= 15 is 0 Å². The molecule has 1 amide bonds. The fraction of sp³-hybridized carbons (Fsp3) is 0.438. The molecule has 4 nitrogen and oxygen atoms in total. The van der Waals surface area contributed by atoms with Gasteiger partial charge in [-0.15, -0.1) is 6.42 Å². The van der Waals surface area contributed by atoms with E-state index in [2.05, 4.69) is 23.2 Å². The Hall–Kier alpha value is -1.99. The molecule has 0 bridgehead atoms. The van der Waals surface area contributed by atoms with Crippen molar-refractivity contribution in [3.63, 3.8) is 0 Å². The van der Waals surface area contributed by atoms with Crippen molar-refractivity contribution < 1.29 is 9.53 Å². The van der Waals surface area contributed by atoms with Gasteiger partial charge < -0.3 is 15.0 Å². The van der Waals surface area contributed by atoms with Crippen molar-refractivity contribution in [1.29, 1.82) is 0 Å². The molecule has 0 saturated carbocycles. The Balaban J connectivity index is 1.92. The second-order valence-corrected chi connectivity index (χ2v) is 5.09. The molecular formula is C16H20N2O2. The number of anilines is 1. The molecule has 1 saturated heterocycles. The van der Waals surface area contributed by atoms with E-state index in [0.717, 1.165) is 31.6 Å². The van der Waals surface area contributed by atoms with E-state index < -0.39 is 0 Å². The highest BCUT2D eigenvalue weighted by Crippen LogP contribution is 2.21. The van der Waals surface area contributed by atoms with Crippen LogP contribution < -0.4 is 10.1 Å². The Morgan fingerprint density at radius 1 is 1.50 bits per heavy atom. The van der Waals surface area contributed by atoms with Crippen LogP contribution in [0.2, 0.25) is 0 Å². The van der Waals surface area contributed by atoms with Gasteiger partial charge in [0.15, 0.2) is 0 Å². The molecule has 20 heavy (non-hydrogen) atoms. The van der Waals surface area contributed by atoms with E-state index in [1.165, 1.54) is 0 Å². The van der Waals surface area contributed by atoms with Crippen molar-refractivity contribution in [3.05, 3.63) is 24.3 Å². The quantitative estimate of drug-likeness (QED) is 0.852. The van der Waals surface area contributed by atoms with E-state index in [-0.39, 0.29) is 18.4 Å². The molecule has 1 aromatic rings. The van der Waals surface area contributed by atoms with Crippen molar-refractivity contribution in [2.45, 2.75) is 12.8 Å². The van der Waals surface area contributed by atoms with Crippen LogP contribution in [0.3, 0.4) is 0 Å². The predicted molar refractivity (Wildman–Crippen MR) is 79.6 cm³/mol. The van der Waals surface area contributed by atoms with E-state index in [0.29, 0.717) is 5.75 Å².